The predicted octanol–water partition coefficient (Wildman–Crippen LogP) is -5.01. The molecule has 0 aromatic rings. The van der Waals surface area contributed by atoms with Crippen molar-refractivity contribution < 1.29 is 24.8 Å². The van der Waals surface area contributed by atoms with Gasteiger partial charge in [0.15, 0.2) is 0 Å². The normalized spacial score (nSPS) is 5.17. The monoisotopic (exact) mass is 124 g/mol. The molecule has 0 unspecified atom stereocenters. The van der Waals surface area contributed by atoms with E-state index in [1.165, 1.54) is 0 Å². The zero-order chi connectivity index (χ0) is 3.41. The molecule has 0 aliphatic carbocycles. The van der Waals surface area contributed by atoms with Crippen molar-refractivity contribution in [3.8, 4) is 0 Å². The summed E-state index contributed by atoms with van der Waals surface area (Å²) in [6.07, 6.45) is 1.92. The molecule has 0 aromatic carbocycles. The molecule has 0 bridgehead atoms. The third kappa shape index (κ3) is 22.8. The summed E-state index contributed by atoms with van der Waals surface area (Å²) in [7, 11) is 5.03. The summed E-state index contributed by atoms with van der Waals surface area (Å²) in [6.45, 7) is 2.06. The molecule has 0 rings (SSSR count). The average molecular weight is 125 g/mol. The van der Waals surface area contributed by atoms with Crippen LogP contribution in [0.4, 0.5) is 0 Å². The van der Waals surface area contributed by atoms with Gasteiger partial charge in [0, 0.05) is 0 Å². The van der Waals surface area contributed by atoms with Crippen LogP contribution >= 0.6 is 0 Å². The molecule has 0 aliphatic rings. The molecule has 36 valence electrons. The van der Waals surface area contributed by atoms with Gasteiger partial charge in [0.25, 0.3) is 0 Å². The van der Waals surface area contributed by atoms with Gasteiger partial charge >= 0.3 is 27.5 Å². The molecular formula is C3H7BCl2. The first-order valence-corrected chi connectivity index (χ1v) is 1.62. The van der Waals surface area contributed by atoms with E-state index >= 15 is 0 Å². The Kier molecular flexibility index (Phi) is 46.2. The Morgan fingerprint density at radius 3 is 1.50 bits per heavy atom. The second-order valence-electron chi connectivity index (χ2n) is 0.789. The minimum absolute atomic E-state index is 0. The molecular weight excluding hydrogens is 118 g/mol. The largest absolute Gasteiger partial charge is 1.00 e. The number of halogens is 2. The fourth-order valence-corrected chi connectivity index (χ4v) is 0. The molecule has 0 N–H and O–H groups in total. The first kappa shape index (κ1) is 15.9. The van der Waals surface area contributed by atoms with E-state index in [0.717, 1.165) is 12.7 Å². The fraction of sp³-hybridized carbons (Fsp3) is 1.00. The molecule has 0 amide bonds. The number of hydrogen-bond donors (Lipinski definition) is 0. The van der Waals surface area contributed by atoms with Gasteiger partial charge in [-0.05, 0) is 0 Å². The molecule has 0 nitrogen and oxygen atoms in total. The van der Waals surface area contributed by atoms with Crippen LogP contribution in [0.3, 0.4) is 0 Å². The van der Waals surface area contributed by atoms with E-state index in [1.54, 1.807) is 0 Å². The molecule has 0 fully saturated rings. The Hall–Kier alpha value is 0.645. The smallest absolute Gasteiger partial charge is 1.00 e. The number of rotatable bonds is 1. The van der Waals surface area contributed by atoms with Gasteiger partial charge in [-0.15, -0.1) is 0 Å². The molecule has 0 saturated carbocycles. The second kappa shape index (κ2) is 17.4. The topological polar surface area (TPSA) is 0 Å². The quantitative estimate of drug-likeness (QED) is 0.308. The maximum absolute atomic E-state index is 5.03. The van der Waals surface area contributed by atoms with E-state index in [2.05, 4.69) is 6.92 Å². The molecule has 0 heterocycles. The van der Waals surface area contributed by atoms with Gasteiger partial charge in [-0.3, -0.25) is 0 Å². The standard InChI is InChI=1S/C3H7B.2ClH/c1-2-3-4;;/h2-3H2,1H3;2*1H/q+2;;/p-2. The molecule has 0 aliphatic heterocycles. The molecule has 0 radical (unpaired) electrons. The minimum atomic E-state index is 0. The predicted molar refractivity (Wildman–Crippen MR) is 20.9 cm³/mol. The SMILES string of the molecule is [B+2]CCC.[Cl-].[Cl-]. The van der Waals surface area contributed by atoms with Crippen LogP contribution in [-0.4, -0.2) is 7.85 Å². The van der Waals surface area contributed by atoms with Crippen LogP contribution in [0, 0.1) is 0 Å². The van der Waals surface area contributed by atoms with Crippen LogP contribution in [0.1, 0.15) is 13.3 Å². The van der Waals surface area contributed by atoms with Crippen molar-refractivity contribution in [1.29, 1.82) is 0 Å². The summed E-state index contributed by atoms with van der Waals surface area (Å²) in [5.41, 5.74) is 0. The molecule has 0 atom stereocenters. The van der Waals surface area contributed by atoms with Crippen molar-refractivity contribution in [1.82, 2.24) is 0 Å². The van der Waals surface area contributed by atoms with Gasteiger partial charge in [-0.1, -0.05) is 0 Å². The Balaban J connectivity index is -0.0000000450. The number of hydrogen-bond acceptors (Lipinski definition) is 0. The van der Waals surface area contributed by atoms with Crippen LogP contribution < -0.4 is 24.8 Å². The van der Waals surface area contributed by atoms with E-state index in [1.807, 2.05) is 0 Å². The van der Waals surface area contributed by atoms with E-state index in [4.69, 9.17) is 7.85 Å². The Morgan fingerprint density at radius 2 is 1.50 bits per heavy atom. The van der Waals surface area contributed by atoms with Crippen molar-refractivity contribution in [2.75, 3.05) is 0 Å². The van der Waals surface area contributed by atoms with Gasteiger partial charge in [-0.25, -0.2) is 0 Å². The van der Waals surface area contributed by atoms with Crippen LogP contribution in [-0.2, 0) is 0 Å². The third-order valence-electron chi connectivity index (χ3n) is 0.289. The summed E-state index contributed by atoms with van der Waals surface area (Å²) in [5, 5.41) is 0. The van der Waals surface area contributed by atoms with Crippen molar-refractivity contribution in [3.05, 3.63) is 0 Å². The average Bonchev–Trinajstić information content (AvgIpc) is 1.37. The maximum atomic E-state index is 5.03. The summed E-state index contributed by atoms with van der Waals surface area (Å²) >= 11 is 0. The summed E-state index contributed by atoms with van der Waals surface area (Å²) in [4.78, 5) is 0. The Bertz CT molecular complexity index is 10.8. The van der Waals surface area contributed by atoms with E-state index < -0.39 is 0 Å². The molecule has 3 heteroatoms. The van der Waals surface area contributed by atoms with Crippen molar-refractivity contribution >= 4 is 7.85 Å². The van der Waals surface area contributed by atoms with Crippen LogP contribution in [0.15, 0.2) is 0 Å². The molecule has 0 aromatic heterocycles. The molecule has 6 heavy (non-hydrogen) atoms. The van der Waals surface area contributed by atoms with Gasteiger partial charge in [0.05, 0.1) is 0 Å². The van der Waals surface area contributed by atoms with Crippen LogP contribution in [0.5, 0.6) is 0 Å². The van der Waals surface area contributed by atoms with E-state index in [9.17, 15) is 0 Å². The third-order valence-corrected chi connectivity index (χ3v) is 0.289. The Labute approximate surface area is 52.9 Å². The van der Waals surface area contributed by atoms with Crippen LogP contribution in [0.25, 0.3) is 0 Å². The maximum Gasteiger partial charge on any atom is -1.00 e. The molecule has 0 spiro atoms. The van der Waals surface area contributed by atoms with E-state index in [0.29, 0.717) is 0 Å². The molecule has 0 saturated heterocycles. The first-order valence-electron chi connectivity index (χ1n) is 1.62. The zero-order valence-electron chi connectivity index (χ0n) is 3.75. The van der Waals surface area contributed by atoms with E-state index in [-0.39, 0.29) is 24.8 Å². The van der Waals surface area contributed by atoms with Crippen molar-refractivity contribution in [2.45, 2.75) is 19.7 Å². The van der Waals surface area contributed by atoms with Crippen molar-refractivity contribution in [3.63, 3.8) is 0 Å². The van der Waals surface area contributed by atoms with Gasteiger partial charge in [0.1, 0.15) is 0 Å². The first-order chi connectivity index (χ1) is 1.91. The summed E-state index contributed by atoms with van der Waals surface area (Å²) in [5.74, 6) is 0. The van der Waals surface area contributed by atoms with Crippen molar-refractivity contribution in [2.24, 2.45) is 0 Å². The Morgan fingerprint density at radius 1 is 1.33 bits per heavy atom. The van der Waals surface area contributed by atoms with Crippen LogP contribution in [0.2, 0.25) is 6.32 Å². The fourth-order valence-electron chi connectivity index (χ4n) is 0. The summed E-state index contributed by atoms with van der Waals surface area (Å²) in [6, 6.07) is 0. The zero-order valence-corrected chi connectivity index (χ0v) is 5.26. The van der Waals surface area contributed by atoms with Gasteiger partial charge < -0.3 is 24.8 Å². The second-order valence-corrected chi connectivity index (χ2v) is 0.789. The summed E-state index contributed by atoms with van der Waals surface area (Å²) < 4.78 is 0. The van der Waals surface area contributed by atoms with Gasteiger partial charge in [-0.2, -0.15) is 0 Å². The minimum Gasteiger partial charge on any atom is -1.00 e. The van der Waals surface area contributed by atoms with Gasteiger partial charge in [0.2, 0.25) is 0 Å².